The Hall–Kier alpha value is -3.59. The summed E-state index contributed by atoms with van der Waals surface area (Å²) >= 11 is 5.70. The molecular formula is C25H28N4O4S. The maximum absolute atomic E-state index is 10.4. The second kappa shape index (κ2) is 10.1. The fourth-order valence-corrected chi connectivity index (χ4v) is 4.32. The van der Waals surface area contributed by atoms with Crippen LogP contribution in [-0.4, -0.2) is 46.0 Å². The topological polar surface area (TPSA) is 92.9 Å². The number of unbranched alkanes of at least 4 members (excludes halogenated alkanes) is 1. The third-order valence-electron chi connectivity index (χ3n) is 5.87. The van der Waals surface area contributed by atoms with Gasteiger partial charge in [0.05, 0.1) is 25.8 Å². The minimum absolute atomic E-state index is 0.0441. The fourth-order valence-electron chi connectivity index (χ4n) is 3.97. The molecule has 1 unspecified atom stereocenters. The Morgan fingerprint density at radius 2 is 1.91 bits per heavy atom. The number of methoxy groups -OCH3 is 2. The van der Waals surface area contributed by atoms with Gasteiger partial charge in [-0.25, -0.2) is 0 Å². The molecule has 9 heteroatoms. The van der Waals surface area contributed by atoms with Crippen LogP contribution in [0.25, 0.3) is 17.0 Å². The minimum atomic E-state index is -0.383. The van der Waals surface area contributed by atoms with Crippen LogP contribution in [0.4, 0.5) is 0 Å². The summed E-state index contributed by atoms with van der Waals surface area (Å²) < 4.78 is 16.2. The van der Waals surface area contributed by atoms with Crippen molar-refractivity contribution in [3.63, 3.8) is 0 Å². The molecule has 1 aliphatic heterocycles. The van der Waals surface area contributed by atoms with Crippen LogP contribution in [0.15, 0.2) is 52.7 Å². The van der Waals surface area contributed by atoms with Crippen LogP contribution in [0.2, 0.25) is 0 Å². The van der Waals surface area contributed by atoms with Gasteiger partial charge < -0.3 is 29.3 Å². The van der Waals surface area contributed by atoms with E-state index in [0.717, 1.165) is 47.5 Å². The molecule has 3 aromatic rings. The van der Waals surface area contributed by atoms with Gasteiger partial charge in [0.15, 0.2) is 16.6 Å². The van der Waals surface area contributed by atoms with E-state index in [0.29, 0.717) is 22.6 Å². The number of rotatable bonds is 8. The first-order chi connectivity index (χ1) is 16.5. The maximum Gasteiger partial charge on any atom is 0.258 e. The van der Waals surface area contributed by atoms with Crippen LogP contribution in [0.5, 0.6) is 17.2 Å². The Balaban J connectivity index is 1.78. The Kier molecular flexibility index (Phi) is 7.02. The monoisotopic (exact) mass is 480 g/mol. The molecule has 0 amide bonds. The van der Waals surface area contributed by atoms with Gasteiger partial charge in [-0.15, -0.1) is 0 Å². The summed E-state index contributed by atoms with van der Waals surface area (Å²) in [5.41, 5.74) is 3.35. The van der Waals surface area contributed by atoms with E-state index in [9.17, 15) is 5.11 Å². The van der Waals surface area contributed by atoms with Crippen LogP contribution in [0, 0.1) is 0 Å². The zero-order valence-corrected chi connectivity index (χ0v) is 20.5. The molecule has 178 valence electrons. The number of hydrogen-bond acceptors (Lipinski definition) is 7. The van der Waals surface area contributed by atoms with E-state index in [-0.39, 0.29) is 11.8 Å². The van der Waals surface area contributed by atoms with Crippen molar-refractivity contribution in [2.45, 2.75) is 32.7 Å². The summed E-state index contributed by atoms with van der Waals surface area (Å²) in [5.74, 6) is 2.06. The molecular weight excluding hydrogens is 452 g/mol. The number of aromatic hydroxyl groups is 1. The molecule has 4 rings (SSSR count). The summed E-state index contributed by atoms with van der Waals surface area (Å²) in [6.45, 7) is 4.92. The molecule has 1 aliphatic rings. The molecule has 2 heterocycles. The van der Waals surface area contributed by atoms with E-state index < -0.39 is 0 Å². The van der Waals surface area contributed by atoms with Crippen molar-refractivity contribution in [2.24, 2.45) is 0 Å². The van der Waals surface area contributed by atoms with Crippen molar-refractivity contribution in [1.29, 1.82) is 0 Å². The summed E-state index contributed by atoms with van der Waals surface area (Å²) in [4.78, 5) is 6.77. The molecule has 1 atom stereocenters. The van der Waals surface area contributed by atoms with Crippen LogP contribution >= 0.6 is 12.2 Å². The number of aromatic nitrogens is 2. The summed E-state index contributed by atoms with van der Waals surface area (Å²) in [5, 5.41) is 18.6. The van der Waals surface area contributed by atoms with Crippen LogP contribution in [0.3, 0.4) is 0 Å². The molecule has 0 saturated carbocycles. The third kappa shape index (κ3) is 4.56. The third-order valence-corrected chi connectivity index (χ3v) is 6.21. The van der Waals surface area contributed by atoms with Gasteiger partial charge >= 0.3 is 0 Å². The van der Waals surface area contributed by atoms with E-state index in [4.69, 9.17) is 31.2 Å². The second-order valence-corrected chi connectivity index (χ2v) is 8.36. The van der Waals surface area contributed by atoms with E-state index >= 15 is 0 Å². The lowest BCUT2D eigenvalue weighted by Crippen LogP contribution is -2.46. The normalized spacial score (nSPS) is 15.9. The predicted molar refractivity (Wildman–Crippen MR) is 134 cm³/mol. The number of hydrogen-bond donors (Lipinski definition) is 2. The first-order valence-electron chi connectivity index (χ1n) is 11.1. The van der Waals surface area contributed by atoms with Gasteiger partial charge in [-0.2, -0.15) is 4.98 Å². The lowest BCUT2D eigenvalue weighted by Gasteiger charge is -2.37. The molecule has 2 aromatic carbocycles. The van der Waals surface area contributed by atoms with E-state index in [1.165, 1.54) is 7.11 Å². The van der Waals surface area contributed by atoms with Crippen molar-refractivity contribution >= 4 is 22.9 Å². The number of ether oxygens (including phenoxy) is 2. The van der Waals surface area contributed by atoms with Gasteiger partial charge in [0, 0.05) is 17.8 Å². The van der Waals surface area contributed by atoms with Crippen molar-refractivity contribution in [3.05, 3.63) is 59.6 Å². The number of phenols is 1. The van der Waals surface area contributed by atoms with Crippen molar-refractivity contribution in [3.8, 4) is 28.6 Å². The quantitative estimate of drug-likeness (QED) is 0.436. The minimum Gasteiger partial charge on any atom is -0.504 e. The van der Waals surface area contributed by atoms with Gasteiger partial charge in [0.1, 0.15) is 5.75 Å². The van der Waals surface area contributed by atoms with E-state index in [1.807, 2.05) is 37.3 Å². The van der Waals surface area contributed by atoms with Gasteiger partial charge in [-0.1, -0.05) is 24.6 Å². The van der Waals surface area contributed by atoms with Crippen LogP contribution in [-0.2, 0) is 0 Å². The van der Waals surface area contributed by atoms with E-state index in [1.54, 1.807) is 19.2 Å². The Labute approximate surface area is 204 Å². The van der Waals surface area contributed by atoms with Crippen molar-refractivity contribution < 1.29 is 19.1 Å². The summed E-state index contributed by atoms with van der Waals surface area (Å²) in [6.07, 6.45) is 2.03. The van der Waals surface area contributed by atoms with Crippen LogP contribution < -0.4 is 14.8 Å². The highest BCUT2D eigenvalue weighted by Gasteiger charge is 2.34. The molecule has 34 heavy (non-hydrogen) atoms. The molecule has 1 aromatic heterocycles. The zero-order chi connectivity index (χ0) is 24.2. The molecule has 0 aliphatic carbocycles. The fraction of sp³-hybridized carbons (Fsp3) is 0.320. The number of thiocarbonyl (C=S) groups is 1. The average molecular weight is 481 g/mol. The standard InChI is InChI=1S/C25H28N4O4S/c1-5-6-13-29-15(2)21(22(26-25(29)34)17-9-12-20(32-4)19(30)14-17)24-27-23(28-33-24)16-7-10-18(31-3)11-8-16/h7-12,14,22,30H,5-6,13H2,1-4H3,(H,26,34). The summed E-state index contributed by atoms with van der Waals surface area (Å²) in [7, 11) is 3.14. The summed E-state index contributed by atoms with van der Waals surface area (Å²) in [6, 6.07) is 12.4. The molecule has 0 fully saturated rings. The lowest BCUT2D eigenvalue weighted by molar-refractivity contribution is 0.372. The second-order valence-electron chi connectivity index (χ2n) is 7.97. The average Bonchev–Trinajstić information content (AvgIpc) is 3.33. The van der Waals surface area contributed by atoms with Gasteiger partial charge in [0.2, 0.25) is 5.82 Å². The molecule has 0 spiro atoms. The zero-order valence-electron chi connectivity index (χ0n) is 19.7. The first-order valence-corrected chi connectivity index (χ1v) is 11.5. The van der Waals surface area contributed by atoms with E-state index in [2.05, 4.69) is 22.3 Å². The smallest absolute Gasteiger partial charge is 0.258 e. The van der Waals surface area contributed by atoms with Gasteiger partial charge in [-0.3, -0.25) is 0 Å². The highest BCUT2D eigenvalue weighted by molar-refractivity contribution is 7.80. The first kappa shape index (κ1) is 23.6. The number of allylic oxidation sites excluding steroid dienone is 1. The Morgan fingerprint density at radius 1 is 1.15 bits per heavy atom. The molecule has 0 saturated heterocycles. The maximum atomic E-state index is 10.4. The molecule has 0 radical (unpaired) electrons. The highest BCUT2D eigenvalue weighted by Crippen LogP contribution is 2.40. The highest BCUT2D eigenvalue weighted by atomic mass is 32.1. The number of benzene rings is 2. The molecule has 2 N–H and O–H groups in total. The largest absolute Gasteiger partial charge is 0.504 e. The Bertz CT molecular complexity index is 1210. The lowest BCUT2D eigenvalue weighted by atomic mass is 9.94. The van der Waals surface area contributed by atoms with Crippen molar-refractivity contribution in [2.75, 3.05) is 20.8 Å². The number of nitrogens with one attached hydrogen (secondary N) is 1. The molecule has 8 nitrogen and oxygen atoms in total. The van der Waals surface area contributed by atoms with Crippen molar-refractivity contribution in [1.82, 2.24) is 20.4 Å². The van der Waals surface area contributed by atoms with Gasteiger partial charge in [0.25, 0.3) is 5.89 Å². The number of nitrogens with zero attached hydrogens (tertiary/aromatic N) is 3. The SMILES string of the molecule is CCCCN1C(=S)NC(c2ccc(OC)c(O)c2)C(c2nc(-c3ccc(OC)cc3)no2)=C1C. The Morgan fingerprint density at radius 3 is 2.56 bits per heavy atom. The van der Waals surface area contributed by atoms with Gasteiger partial charge in [-0.05, 0) is 67.5 Å². The van der Waals surface area contributed by atoms with Crippen LogP contribution in [0.1, 0.15) is 44.2 Å². The predicted octanol–water partition coefficient (Wildman–Crippen LogP) is 4.92. The number of phenolic OH excluding ortho intramolecular Hbond substituents is 1. The molecule has 0 bridgehead atoms.